The van der Waals surface area contributed by atoms with Crippen molar-refractivity contribution in [3.63, 3.8) is 0 Å². The fourth-order valence-corrected chi connectivity index (χ4v) is 0.249. The molecule has 0 amide bonds. The lowest BCUT2D eigenvalue weighted by atomic mass is 10.4. The van der Waals surface area contributed by atoms with Crippen LogP contribution in [0, 0.1) is 0 Å². The first-order valence-corrected chi connectivity index (χ1v) is 2.63. The minimum absolute atomic E-state index is 0.914. The minimum Gasteiger partial charge on any atom is -0.478 e. The quantitative estimate of drug-likeness (QED) is 0.220. The van der Waals surface area contributed by atoms with Gasteiger partial charge in [0.2, 0.25) is 0 Å². The Bertz CT molecular complexity index is 130. The second-order valence-electron chi connectivity index (χ2n) is 1.22. The summed E-state index contributed by atoms with van der Waals surface area (Å²) >= 11 is 0. The molecule has 0 bridgehead atoms. The summed E-state index contributed by atoms with van der Waals surface area (Å²) in [7, 11) is 0. The molecule has 0 aromatic rings. The molecule has 0 saturated heterocycles. The molecule has 5 N–H and O–H groups in total. The number of carboxylic acids is 1. The third-order valence-corrected chi connectivity index (χ3v) is 0.542. The fraction of sp³-hybridized carbons (Fsp3) is 0.167. The van der Waals surface area contributed by atoms with Gasteiger partial charge in [-0.25, -0.2) is 4.79 Å². The molecule has 0 aliphatic rings. The average Bonchev–Trinajstić information content (AvgIpc) is 1.92. The Labute approximate surface area is 59.8 Å². The maximum atomic E-state index is 9.75. The molecule has 58 valence electrons. The van der Waals surface area contributed by atoms with E-state index in [0.717, 1.165) is 6.08 Å². The lowest BCUT2D eigenvalue weighted by Gasteiger charge is -1.72. The van der Waals surface area contributed by atoms with Crippen LogP contribution in [0.1, 0.15) is 6.92 Å². The second-order valence-corrected chi connectivity index (χ2v) is 1.22. The van der Waals surface area contributed by atoms with E-state index in [1.54, 1.807) is 12.2 Å². The number of rotatable bonds is 2. The number of carboxylic acid groups (broad SMARTS) is 1. The van der Waals surface area contributed by atoms with Gasteiger partial charge in [-0.05, 0) is 6.92 Å². The smallest absolute Gasteiger partial charge is 0.328 e. The highest BCUT2D eigenvalue weighted by molar-refractivity contribution is 5.80. The Morgan fingerprint density at radius 3 is 2.20 bits per heavy atom. The molecule has 0 unspecified atom stereocenters. The van der Waals surface area contributed by atoms with Crippen molar-refractivity contribution in [1.29, 1.82) is 0 Å². The largest absolute Gasteiger partial charge is 0.478 e. The molecule has 0 heterocycles. The number of hydrogen-bond acceptors (Lipinski definition) is 3. The summed E-state index contributed by atoms with van der Waals surface area (Å²) in [5.74, 6) is 7.09. The van der Waals surface area contributed by atoms with Gasteiger partial charge in [0.25, 0.3) is 0 Å². The maximum absolute atomic E-state index is 9.75. The van der Waals surface area contributed by atoms with Crippen LogP contribution in [0.5, 0.6) is 0 Å². The van der Waals surface area contributed by atoms with Crippen LogP contribution in [0.3, 0.4) is 0 Å². The molecular weight excluding hydrogens is 132 g/mol. The normalized spacial score (nSPS) is 9.50. The van der Waals surface area contributed by atoms with Gasteiger partial charge in [-0.3, -0.25) is 11.7 Å². The van der Waals surface area contributed by atoms with E-state index in [4.69, 9.17) is 5.11 Å². The second kappa shape index (κ2) is 10.8. The summed E-state index contributed by atoms with van der Waals surface area (Å²) in [6, 6.07) is 0. The zero-order valence-electron chi connectivity index (χ0n) is 5.82. The summed E-state index contributed by atoms with van der Waals surface area (Å²) in [5, 5.41) is 8.02. The van der Waals surface area contributed by atoms with Gasteiger partial charge >= 0.3 is 5.97 Å². The van der Waals surface area contributed by atoms with Crippen LogP contribution in [-0.2, 0) is 4.79 Å². The molecule has 0 aromatic heterocycles. The van der Waals surface area contributed by atoms with Crippen molar-refractivity contribution >= 4 is 5.97 Å². The highest BCUT2D eigenvalue weighted by Crippen LogP contribution is 1.74. The van der Waals surface area contributed by atoms with Gasteiger partial charge in [0.15, 0.2) is 0 Å². The van der Waals surface area contributed by atoms with Gasteiger partial charge in [0.05, 0.1) is 0 Å². The molecule has 4 heteroatoms. The van der Waals surface area contributed by atoms with E-state index >= 15 is 0 Å². The molecule has 10 heavy (non-hydrogen) atoms. The topological polar surface area (TPSA) is 89.3 Å². The van der Waals surface area contributed by atoms with Crippen molar-refractivity contribution in [3.05, 3.63) is 24.3 Å². The maximum Gasteiger partial charge on any atom is 0.328 e. The van der Waals surface area contributed by atoms with Crippen molar-refractivity contribution in [3.8, 4) is 0 Å². The number of carbonyl (C=O) groups is 1. The molecule has 0 aromatic carbocycles. The zero-order valence-corrected chi connectivity index (χ0v) is 5.82. The number of hydrazine groups is 1. The van der Waals surface area contributed by atoms with Gasteiger partial charge in [0.1, 0.15) is 0 Å². The van der Waals surface area contributed by atoms with Crippen molar-refractivity contribution in [2.24, 2.45) is 11.7 Å². The lowest BCUT2D eigenvalue weighted by molar-refractivity contribution is -0.131. The Morgan fingerprint density at radius 1 is 1.40 bits per heavy atom. The van der Waals surface area contributed by atoms with E-state index in [-0.39, 0.29) is 0 Å². The average molecular weight is 144 g/mol. The number of aliphatic carboxylic acids is 1. The molecule has 0 aliphatic carbocycles. The molecule has 0 saturated carbocycles. The third-order valence-electron chi connectivity index (χ3n) is 0.542. The molecule has 0 fully saturated rings. The zero-order chi connectivity index (χ0) is 8.41. The van der Waals surface area contributed by atoms with Gasteiger partial charge < -0.3 is 5.11 Å². The molecule has 0 spiro atoms. The van der Waals surface area contributed by atoms with Gasteiger partial charge in [-0.15, -0.1) is 0 Å². The van der Waals surface area contributed by atoms with Crippen LogP contribution in [0.15, 0.2) is 24.3 Å². The summed E-state index contributed by atoms with van der Waals surface area (Å²) in [6.45, 7) is 1.83. The first-order chi connectivity index (χ1) is 4.77. The predicted molar refractivity (Wildman–Crippen MR) is 40.0 cm³/mol. The van der Waals surface area contributed by atoms with Crippen LogP contribution in [0.2, 0.25) is 0 Å². The lowest BCUT2D eigenvalue weighted by Crippen LogP contribution is -2.02. The highest BCUT2D eigenvalue weighted by atomic mass is 16.4. The van der Waals surface area contributed by atoms with Crippen LogP contribution in [0.4, 0.5) is 0 Å². The van der Waals surface area contributed by atoms with Crippen molar-refractivity contribution in [1.82, 2.24) is 0 Å². The molecule has 0 atom stereocenters. The predicted octanol–water partition coefficient (Wildman–Crippen LogP) is 0.0221. The van der Waals surface area contributed by atoms with Gasteiger partial charge in [-0.1, -0.05) is 18.2 Å². The molecule has 0 aliphatic heterocycles. The first kappa shape index (κ1) is 11.6. The number of nitrogens with two attached hydrogens (primary N) is 2. The highest BCUT2D eigenvalue weighted by Gasteiger charge is 1.78. The summed E-state index contributed by atoms with van der Waals surface area (Å²) in [4.78, 5) is 9.75. The molecule has 0 radical (unpaired) electrons. The SMILES string of the molecule is C/C=C/C=C/C(=O)O.NN. The third kappa shape index (κ3) is 15.8. The van der Waals surface area contributed by atoms with E-state index in [1.165, 1.54) is 6.08 Å². The van der Waals surface area contributed by atoms with E-state index in [2.05, 4.69) is 11.7 Å². The monoisotopic (exact) mass is 144 g/mol. The molecular formula is C6H12N2O2. The van der Waals surface area contributed by atoms with Crippen LogP contribution >= 0.6 is 0 Å². The number of allylic oxidation sites excluding steroid dienone is 3. The summed E-state index contributed by atoms with van der Waals surface area (Å²) in [5.41, 5.74) is 0. The molecule has 0 rings (SSSR count). The minimum atomic E-state index is -0.914. The Kier molecular flexibility index (Phi) is 12.5. The van der Waals surface area contributed by atoms with Crippen LogP contribution < -0.4 is 11.7 Å². The van der Waals surface area contributed by atoms with Crippen molar-refractivity contribution in [2.45, 2.75) is 6.92 Å². The van der Waals surface area contributed by atoms with Gasteiger partial charge in [-0.2, -0.15) is 0 Å². The van der Waals surface area contributed by atoms with E-state index in [9.17, 15) is 4.79 Å². The van der Waals surface area contributed by atoms with Crippen molar-refractivity contribution in [2.75, 3.05) is 0 Å². The van der Waals surface area contributed by atoms with Crippen LogP contribution in [0.25, 0.3) is 0 Å². The van der Waals surface area contributed by atoms with Crippen molar-refractivity contribution < 1.29 is 9.90 Å². The first-order valence-electron chi connectivity index (χ1n) is 2.63. The fourth-order valence-electron chi connectivity index (χ4n) is 0.249. The summed E-state index contributed by atoms with van der Waals surface area (Å²) < 4.78 is 0. The molecule has 4 nitrogen and oxygen atoms in total. The van der Waals surface area contributed by atoms with E-state index in [0.29, 0.717) is 0 Å². The number of hydrogen-bond donors (Lipinski definition) is 3. The Hall–Kier alpha value is -1.13. The summed E-state index contributed by atoms with van der Waals surface area (Å²) in [6.07, 6.45) is 5.98. The van der Waals surface area contributed by atoms with E-state index in [1.807, 2.05) is 6.92 Å². The standard InChI is InChI=1S/C6H8O2.H4N2/c1-2-3-4-5-6(7)8;1-2/h2-5H,1H3,(H,7,8);1-2H2/b3-2+,5-4+;. The Balaban J connectivity index is 0. The van der Waals surface area contributed by atoms with E-state index < -0.39 is 5.97 Å². The Morgan fingerprint density at radius 2 is 1.90 bits per heavy atom. The van der Waals surface area contributed by atoms with Gasteiger partial charge in [0, 0.05) is 6.08 Å². The van der Waals surface area contributed by atoms with Crippen LogP contribution in [-0.4, -0.2) is 11.1 Å².